The van der Waals surface area contributed by atoms with Crippen LogP contribution in [0.5, 0.6) is 0 Å². The number of hydrogen-bond donors (Lipinski definition) is 3. The van der Waals surface area contributed by atoms with Crippen LogP contribution in [-0.4, -0.2) is 61.4 Å². The molecule has 0 aromatic rings. The van der Waals surface area contributed by atoms with Gasteiger partial charge < -0.3 is 20.9 Å². The number of carbonyl (C=O) groups excluding carboxylic acids is 2. The van der Waals surface area contributed by atoms with Crippen LogP contribution in [0.3, 0.4) is 0 Å². The van der Waals surface area contributed by atoms with E-state index < -0.39 is 0 Å². The minimum absolute atomic E-state index is 0.0644. The van der Waals surface area contributed by atoms with E-state index in [0.717, 1.165) is 25.9 Å². The van der Waals surface area contributed by atoms with Crippen molar-refractivity contribution < 1.29 is 9.59 Å². The van der Waals surface area contributed by atoms with Crippen LogP contribution in [-0.2, 0) is 9.59 Å². The van der Waals surface area contributed by atoms with Gasteiger partial charge in [0.15, 0.2) is 5.96 Å². The van der Waals surface area contributed by atoms with Gasteiger partial charge in [-0.15, -0.1) is 0 Å². The molecule has 2 amide bonds. The zero-order chi connectivity index (χ0) is 15.9. The zero-order valence-electron chi connectivity index (χ0n) is 13.5. The van der Waals surface area contributed by atoms with Crippen LogP contribution in [0.15, 0.2) is 4.99 Å². The highest BCUT2D eigenvalue weighted by Crippen LogP contribution is 2.06. The lowest BCUT2D eigenvalue weighted by molar-refractivity contribution is -0.128. The van der Waals surface area contributed by atoms with Gasteiger partial charge in [-0.2, -0.15) is 0 Å². The Morgan fingerprint density at radius 3 is 2.19 bits per heavy atom. The number of guanidine groups is 1. The van der Waals surface area contributed by atoms with E-state index in [0.29, 0.717) is 5.96 Å². The molecule has 3 N–H and O–H groups in total. The van der Waals surface area contributed by atoms with Gasteiger partial charge in [-0.05, 0) is 33.6 Å². The van der Waals surface area contributed by atoms with Gasteiger partial charge in [-0.3, -0.25) is 14.6 Å². The molecule has 7 nitrogen and oxygen atoms in total. The number of nitrogens with zero attached hydrogens (tertiary/aromatic N) is 2. The van der Waals surface area contributed by atoms with Crippen molar-refractivity contribution in [3.8, 4) is 0 Å². The van der Waals surface area contributed by atoms with Crippen molar-refractivity contribution in [1.29, 1.82) is 0 Å². The maximum absolute atomic E-state index is 11.9. The van der Waals surface area contributed by atoms with E-state index in [1.54, 1.807) is 7.05 Å². The lowest BCUT2D eigenvalue weighted by Gasteiger charge is -2.21. The molecular weight excluding hydrogens is 270 g/mol. The van der Waals surface area contributed by atoms with Gasteiger partial charge in [-0.25, -0.2) is 0 Å². The summed E-state index contributed by atoms with van der Waals surface area (Å²) in [6.45, 7) is 7.75. The minimum atomic E-state index is -0.262. The standard InChI is InChI=1S/C14H27N5O2/c1-14(2,3)18-11(20)9-16-13(15-4)17-10-12(21)19-7-5-6-8-19/h5-10H2,1-4H3,(H,18,20)(H2,15,16,17). The Kier molecular flexibility index (Phi) is 6.45. The molecule has 0 radical (unpaired) electrons. The first-order chi connectivity index (χ1) is 9.81. The fourth-order valence-electron chi connectivity index (χ4n) is 2.08. The van der Waals surface area contributed by atoms with Gasteiger partial charge in [0.1, 0.15) is 0 Å². The fraction of sp³-hybridized carbons (Fsp3) is 0.786. The summed E-state index contributed by atoms with van der Waals surface area (Å²) in [6, 6.07) is 0. The van der Waals surface area contributed by atoms with Crippen molar-refractivity contribution in [1.82, 2.24) is 20.9 Å². The Labute approximate surface area is 126 Å². The molecule has 0 bridgehead atoms. The van der Waals surface area contributed by atoms with Crippen molar-refractivity contribution >= 4 is 17.8 Å². The summed E-state index contributed by atoms with van der Waals surface area (Å²) in [5, 5.41) is 8.67. The van der Waals surface area contributed by atoms with Crippen molar-refractivity contribution in [2.45, 2.75) is 39.2 Å². The van der Waals surface area contributed by atoms with E-state index in [1.165, 1.54) is 0 Å². The van der Waals surface area contributed by atoms with Crippen molar-refractivity contribution in [3.63, 3.8) is 0 Å². The van der Waals surface area contributed by atoms with E-state index in [2.05, 4.69) is 20.9 Å². The van der Waals surface area contributed by atoms with E-state index in [-0.39, 0.29) is 30.4 Å². The lowest BCUT2D eigenvalue weighted by atomic mass is 10.1. The molecule has 1 rings (SSSR count). The summed E-state index contributed by atoms with van der Waals surface area (Å²) in [7, 11) is 1.61. The summed E-state index contributed by atoms with van der Waals surface area (Å²) in [5.74, 6) is 0.400. The molecule has 1 fully saturated rings. The summed E-state index contributed by atoms with van der Waals surface area (Å²) in [5.41, 5.74) is -0.262. The quantitative estimate of drug-likeness (QED) is 0.491. The average molecular weight is 297 g/mol. The molecular formula is C14H27N5O2. The van der Waals surface area contributed by atoms with Gasteiger partial charge in [-0.1, -0.05) is 0 Å². The largest absolute Gasteiger partial charge is 0.350 e. The van der Waals surface area contributed by atoms with Crippen LogP contribution in [0.4, 0.5) is 0 Å². The second-order valence-corrected chi connectivity index (χ2v) is 6.17. The number of hydrogen-bond acceptors (Lipinski definition) is 3. The Balaban J connectivity index is 2.29. The molecule has 0 atom stereocenters. The number of amides is 2. The Morgan fingerprint density at radius 2 is 1.67 bits per heavy atom. The number of aliphatic imine (C=N–C) groups is 1. The van der Waals surface area contributed by atoms with Gasteiger partial charge in [0.25, 0.3) is 0 Å². The maximum Gasteiger partial charge on any atom is 0.241 e. The van der Waals surface area contributed by atoms with Gasteiger partial charge in [0.2, 0.25) is 11.8 Å². The van der Waals surface area contributed by atoms with E-state index >= 15 is 0 Å². The van der Waals surface area contributed by atoms with Crippen LogP contribution in [0.1, 0.15) is 33.6 Å². The third-order valence-corrected chi connectivity index (χ3v) is 3.02. The van der Waals surface area contributed by atoms with Gasteiger partial charge in [0.05, 0.1) is 13.1 Å². The summed E-state index contributed by atoms with van der Waals surface area (Å²) in [6.07, 6.45) is 2.15. The van der Waals surface area contributed by atoms with Gasteiger partial charge in [0, 0.05) is 25.7 Å². The minimum Gasteiger partial charge on any atom is -0.350 e. The molecule has 1 heterocycles. The Morgan fingerprint density at radius 1 is 1.10 bits per heavy atom. The number of likely N-dealkylation sites (tertiary alicyclic amines) is 1. The van der Waals surface area contributed by atoms with E-state index in [4.69, 9.17) is 0 Å². The highest BCUT2D eigenvalue weighted by Gasteiger charge is 2.18. The monoisotopic (exact) mass is 297 g/mol. The van der Waals surface area contributed by atoms with Gasteiger partial charge >= 0.3 is 0 Å². The van der Waals surface area contributed by atoms with E-state index in [9.17, 15) is 9.59 Å². The predicted molar refractivity (Wildman–Crippen MR) is 83.1 cm³/mol. The second-order valence-electron chi connectivity index (χ2n) is 6.17. The Hall–Kier alpha value is -1.79. The van der Waals surface area contributed by atoms with Crippen LogP contribution in [0.25, 0.3) is 0 Å². The van der Waals surface area contributed by atoms with Crippen LogP contribution < -0.4 is 16.0 Å². The molecule has 0 unspecified atom stereocenters. The van der Waals surface area contributed by atoms with Crippen molar-refractivity contribution in [3.05, 3.63) is 0 Å². The molecule has 1 aliphatic heterocycles. The maximum atomic E-state index is 11.9. The highest BCUT2D eigenvalue weighted by molar-refractivity contribution is 5.89. The topological polar surface area (TPSA) is 85.8 Å². The third-order valence-electron chi connectivity index (χ3n) is 3.02. The van der Waals surface area contributed by atoms with Crippen molar-refractivity contribution in [2.24, 2.45) is 4.99 Å². The molecule has 0 spiro atoms. The molecule has 0 aromatic heterocycles. The second kappa shape index (κ2) is 7.85. The average Bonchev–Trinajstić information content (AvgIpc) is 2.90. The molecule has 0 aromatic carbocycles. The summed E-state index contributed by atoms with van der Waals surface area (Å²) >= 11 is 0. The first-order valence-corrected chi connectivity index (χ1v) is 7.35. The van der Waals surface area contributed by atoms with E-state index in [1.807, 2.05) is 25.7 Å². The molecule has 1 aliphatic rings. The number of rotatable bonds is 4. The van der Waals surface area contributed by atoms with Crippen LogP contribution in [0, 0.1) is 0 Å². The molecule has 0 saturated carbocycles. The predicted octanol–water partition coefficient (Wildman–Crippen LogP) is -0.311. The van der Waals surface area contributed by atoms with Crippen molar-refractivity contribution in [2.75, 3.05) is 33.2 Å². The molecule has 0 aliphatic carbocycles. The first kappa shape index (κ1) is 17.3. The first-order valence-electron chi connectivity index (χ1n) is 7.35. The van der Waals surface area contributed by atoms with Crippen LogP contribution >= 0.6 is 0 Å². The van der Waals surface area contributed by atoms with Crippen LogP contribution in [0.2, 0.25) is 0 Å². The molecule has 120 valence electrons. The molecule has 7 heteroatoms. The number of nitrogens with one attached hydrogen (secondary N) is 3. The molecule has 21 heavy (non-hydrogen) atoms. The third kappa shape index (κ3) is 6.97. The highest BCUT2D eigenvalue weighted by atomic mass is 16.2. The Bertz CT molecular complexity index is 395. The SMILES string of the molecule is CN=C(NCC(=O)NC(C)(C)C)NCC(=O)N1CCCC1. The normalized spacial score (nSPS) is 15.8. The number of carbonyl (C=O) groups is 2. The molecule has 1 saturated heterocycles. The lowest BCUT2D eigenvalue weighted by Crippen LogP contribution is -2.49. The summed E-state index contributed by atoms with van der Waals surface area (Å²) < 4.78 is 0. The zero-order valence-corrected chi connectivity index (χ0v) is 13.5. The smallest absolute Gasteiger partial charge is 0.241 e. The summed E-state index contributed by atoms with van der Waals surface area (Å²) in [4.78, 5) is 29.4. The fourth-order valence-corrected chi connectivity index (χ4v) is 2.08.